The Bertz CT molecular complexity index is 469. The van der Waals surface area contributed by atoms with Crippen LogP contribution in [0.1, 0.15) is 19.8 Å². The van der Waals surface area contributed by atoms with Gasteiger partial charge < -0.3 is 5.32 Å². The molecule has 3 unspecified atom stereocenters. The fraction of sp³-hybridized carbons (Fsp3) is 0.538. The van der Waals surface area contributed by atoms with Crippen LogP contribution in [0.25, 0.3) is 0 Å². The second-order valence-corrected chi connectivity index (χ2v) is 6.90. The van der Waals surface area contributed by atoms with Crippen LogP contribution in [0.15, 0.2) is 35.2 Å². The van der Waals surface area contributed by atoms with E-state index in [1.54, 1.807) is 24.3 Å². The Labute approximate surface area is 103 Å². The molecule has 0 bridgehead atoms. The Morgan fingerprint density at radius 3 is 2.35 bits per heavy atom. The van der Waals surface area contributed by atoms with Crippen LogP contribution in [-0.2, 0) is 9.84 Å². The molecule has 1 N–H and O–H groups in total. The number of hydrogen-bond donors (Lipinski definition) is 1. The Balaban J connectivity index is 2.29. The van der Waals surface area contributed by atoms with E-state index in [0.717, 1.165) is 12.8 Å². The number of hydrogen-bond acceptors (Lipinski definition) is 3. The van der Waals surface area contributed by atoms with Crippen molar-refractivity contribution in [2.75, 3.05) is 7.05 Å². The quantitative estimate of drug-likeness (QED) is 0.894. The molecule has 94 valence electrons. The van der Waals surface area contributed by atoms with Gasteiger partial charge in [-0.05, 0) is 37.9 Å². The van der Waals surface area contributed by atoms with Crippen molar-refractivity contribution in [2.45, 2.75) is 36.0 Å². The number of nitrogens with one attached hydrogen (secondary N) is 1. The molecule has 4 heteroatoms. The van der Waals surface area contributed by atoms with Gasteiger partial charge in [0.2, 0.25) is 0 Å². The molecule has 0 saturated heterocycles. The van der Waals surface area contributed by atoms with Crippen LogP contribution in [0.5, 0.6) is 0 Å². The molecule has 0 heterocycles. The molecular formula is C13H19NO2S. The lowest BCUT2D eigenvalue weighted by Gasteiger charge is -2.20. The first-order chi connectivity index (χ1) is 8.07. The molecule has 0 aliphatic heterocycles. The molecule has 1 aromatic rings. The summed E-state index contributed by atoms with van der Waals surface area (Å²) < 4.78 is 25.0. The maximum absolute atomic E-state index is 12.5. The van der Waals surface area contributed by atoms with E-state index in [9.17, 15) is 8.42 Å². The van der Waals surface area contributed by atoms with Crippen molar-refractivity contribution in [3.63, 3.8) is 0 Å². The van der Waals surface area contributed by atoms with Crippen LogP contribution in [-0.4, -0.2) is 26.8 Å². The monoisotopic (exact) mass is 253 g/mol. The molecule has 1 saturated carbocycles. The van der Waals surface area contributed by atoms with Crippen LogP contribution in [0.2, 0.25) is 0 Å². The average molecular weight is 253 g/mol. The summed E-state index contributed by atoms with van der Waals surface area (Å²) in [5.74, 6) is 0.171. The van der Waals surface area contributed by atoms with E-state index < -0.39 is 9.84 Å². The van der Waals surface area contributed by atoms with Gasteiger partial charge in [0.05, 0.1) is 10.1 Å². The Kier molecular flexibility index (Phi) is 3.54. The molecule has 17 heavy (non-hydrogen) atoms. The minimum Gasteiger partial charge on any atom is -0.317 e. The summed E-state index contributed by atoms with van der Waals surface area (Å²) in [5.41, 5.74) is 0. The summed E-state index contributed by atoms with van der Waals surface area (Å²) in [7, 11) is -1.27. The molecule has 0 amide bonds. The molecule has 2 rings (SSSR count). The fourth-order valence-corrected chi connectivity index (χ4v) is 4.85. The third kappa shape index (κ3) is 2.24. The standard InChI is InChI=1S/C13H19NO2S/c1-10-12(14-2)8-9-13(10)17(15,16)11-6-4-3-5-7-11/h3-7,10,12-14H,8-9H2,1-2H3. The normalized spacial score (nSPS) is 29.4. The van der Waals surface area contributed by atoms with Gasteiger partial charge in [-0.15, -0.1) is 0 Å². The van der Waals surface area contributed by atoms with Gasteiger partial charge >= 0.3 is 0 Å². The maximum Gasteiger partial charge on any atom is 0.181 e. The van der Waals surface area contributed by atoms with Gasteiger partial charge in [-0.3, -0.25) is 0 Å². The second-order valence-electron chi connectivity index (χ2n) is 4.73. The van der Waals surface area contributed by atoms with Crippen molar-refractivity contribution in [1.29, 1.82) is 0 Å². The van der Waals surface area contributed by atoms with Crippen LogP contribution in [0, 0.1) is 5.92 Å². The number of rotatable bonds is 3. The van der Waals surface area contributed by atoms with E-state index in [2.05, 4.69) is 5.32 Å². The molecule has 1 aliphatic rings. The van der Waals surface area contributed by atoms with Crippen molar-refractivity contribution >= 4 is 9.84 Å². The molecule has 1 aliphatic carbocycles. The van der Waals surface area contributed by atoms with Gasteiger partial charge in [0, 0.05) is 6.04 Å². The Hall–Kier alpha value is -0.870. The van der Waals surface area contributed by atoms with Crippen LogP contribution in [0.4, 0.5) is 0 Å². The highest BCUT2D eigenvalue weighted by Gasteiger charge is 2.40. The SMILES string of the molecule is CNC1CCC(S(=O)(=O)c2ccccc2)C1C. The minimum atomic E-state index is -3.17. The van der Waals surface area contributed by atoms with E-state index in [4.69, 9.17) is 0 Å². The van der Waals surface area contributed by atoms with Crippen molar-refractivity contribution in [3.8, 4) is 0 Å². The zero-order valence-corrected chi connectivity index (χ0v) is 11.1. The molecular weight excluding hydrogens is 234 g/mol. The van der Waals surface area contributed by atoms with E-state index >= 15 is 0 Å². The summed E-state index contributed by atoms with van der Waals surface area (Å²) in [4.78, 5) is 0.452. The fourth-order valence-electron chi connectivity index (χ4n) is 2.76. The minimum absolute atomic E-state index is 0.171. The van der Waals surface area contributed by atoms with Gasteiger partial charge in [0.25, 0.3) is 0 Å². The van der Waals surface area contributed by atoms with E-state index in [-0.39, 0.29) is 11.2 Å². The van der Waals surface area contributed by atoms with Crippen LogP contribution >= 0.6 is 0 Å². The second kappa shape index (κ2) is 4.78. The highest BCUT2D eigenvalue weighted by molar-refractivity contribution is 7.92. The highest BCUT2D eigenvalue weighted by atomic mass is 32.2. The Morgan fingerprint density at radius 2 is 1.82 bits per heavy atom. The summed E-state index contributed by atoms with van der Waals surface area (Å²) >= 11 is 0. The Morgan fingerprint density at radius 1 is 1.18 bits per heavy atom. The summed E-state index contributed by atoms with van der Waals surface area (Å²) in [5, 5.41) is 2.95. The summed E-state index contributed by atoms with van der Waals surface area (Å²) in [6.07, 6.45) is 1.69. The lowest BCUT2D eigenvalue weighted by Crippen LogP contribution is -2.34. The van der Waals surface area contributed by atoms with Crippen molar-refractivity contribution in [2.24, 2.45) is 5.92 Å². The van der Waals surface area contributed by atoms with Crippen molar-refractivity contribution in [1.82, 2.24) is 5.32 Å². The van der Waals surface area contributed by atoms with Crippen molar-refractivity contribution < 1.29 is 8.42 Å². The zero-order valence-electron chi connectivity index (χ0n) is 10.3. The highest BCUT2D eigenvalue weighted by Crippen LogP contribution is 2.34. The van der Waals surface area contributed by atoms with Crippen LogP contribution in [0.3, 0.4) is 0 Å². The van der Waals surface area contributed by atoms with Gasteiger partial charge in [0.15, 0.2) is 9.84 Å². The molecule has 0 aromatic heterocycles. The molecule has 1 aromatic carbocycles. The summed E-state index contributed by atoms with van der Waals surface area (Å²) in [6.45, 7) is 2.03. The lowest BCUT2D eigenvalue weighted by molar-refractivity contribution is 0.453. The molecule has 1 fully saturated rings. The smallest absolute Gasteiger partial charge is 0.181 e. The maximum atomic E-state index is 12.5. The van der Waals surface area contributed by atoms with Gasteiger partial charge in [-0.2, -0.15) is 0 Å². The zero-order chi connectivity index (χ0) is 12.5. The first-order valence-electron chi connectivity index (χ1n) is 6.03. The third-order valence-electron chi connectivity index (χ3n) is 3.82. The number of sulfone groups is 1. The van der Waals surface area contributed by atoms with Gasteiger partial charge in [-0.25, -0.2) is 8.42 Å². The van der Waals surface area contributed by atoms with E-state index in [0.29, 0.717) is 10.9 Å². The third-order valence-corrected chi connectivity index (χ3v) is 6.22. The van der Waals surface area contributed by atoms with E-state index in [1.165, 1.54) is 0 Å². The molecule has 0 spiro atoms. The van der Waals surface area contributed by atoms with Gasteiger partial charge in [0.1, 0.15) is 0 Å². The molecule has 0 radical (unpaired) electrons. The van der Waals surface area contributed by atoms with E-state index in [1.807, 2.05) is 20.0 Å². The lowest BCUT2D eigenvalue weighted by atomic mass is 10.1. The van der Waals surface area contributed by atoms with Gasteiger partial charge in [-0.1, -0.05) is 25.1 Å². The predicted octanol–water partition coefficient (Wildman–Crippen LogP) is 1.85. The molecule has 3 atom stereocenters. The number of benzene rings is 1. The average Bonchev–Trinajstić information content (AvgIpc) is 2.72. The first-order valence-corrected chi connectivity index (χ1v) is 7.58. The topological polar surface area (TPSA) is 46.2 Å². The first kappa shape index (κ1) is 12.6. The van der Waals surface area contributed by atoms with Crippen molar-refractivity contribution in [3.05, 3.63) is 30.3 Å². The summed E-state index contributed by atoms with van der Waals surface area (Å²) in [6, 6.07) is 9.10. The molecule has 3 nitrogen and oxygen atoms in total. The largest absolute Gasteiger partial charge is 0.317 e. The van der Waals surface area contributed by atoms with Crippen LogP contribution < -0.4 is 5.32 Å². The predicted molar refractivity (Wildman–Crippen MR) is 68.7 cm³/mol.